The van der Waals surface area contributed by atoms with E-state index in [0.717, 1.165) is 12.1 Å². The van der Waals surface area contributed by atoms with Gasteiger partial charge in [-0.3, -0.25) is 4.79 Å². The van der Waals surface area contributed by atoms with Crippen molar-refractivity contribution >= 4 is 27.6 Å². The average molecular weight is 424 g/mol. The Balaban J connectivity index is 2.14. The summed E-state index contributed by atoms with van der Waals surface area (Å²) in [6.07, 6.45) is 1.14. The average Bonchev–Trinajstić information content (AvgIpc) is 2.54. The first-order chi connectivity index (χ1) is 12.2. The predicted octanol–water partition coefficient (Wildman–Crippen LogP) is 2.21. The first-order valence-electron chi connectivity index (χ1n) is 7.32. The zero-order chi connectivity index (χ0) is 19.1. The fraction of sp³-hybridized carbons (Fsp3) is 0.118. The Morgan fingerprint density at radius 1 is 1.19 bits per heavy atom. The van der Waals surface area contributed by atoms with Gasteiger partial charge < -0.3 is 25.2 Å². The van der Waals surface area contributed by atoms with Crippen LogP contribution < -0.4 is 10.2 Å². The van der Waals surface area contributed by atoms with Crippen molar-refractivity contribution in [3.63, 3.8) is 0 Å². The summed E-state index contributed by atoms with van der Waals surface area (Å²) in [7, 11) is 0. The fourth-order valence-corrected chi connectivity index (χ4v) is 2.84. The number of aromatic hydroxyl groups is 3. The van der Waals surface area contributed by atoms with Gasteiger partial charge in [0.1, 0.15) is 34.3 Å². The maximum Gasteiger partial charge on any atom is 0.248 e. The van der Waals surface area contributed by atoms with Crippen molar-refractivity contribution in [3.8, 4) is 23.0 Å². The van der Waals surface area contributed by atoms with E-state index in [4.69, 9.17) is 9.57 Å². The highest BCUT2D eigenvalue weighted by Crippen LogP contribution is 2.47. The number of carbonyl (C=O) groups excluding carboxylic acids is 1. The summed E-state index contributed by atoms with van der Waals surface area (Å²) < 4.78 is 6.05. The Bertz CT molecular complexity index is 928. The van der Waals surface area contributed by atoms with E-state index >= 15 is 0 Å². The Morgan fingerprint density at radius 2 is 1.92 bits per heavy atom. The molecule has 0 bridgehead atoms. The lowest BCUT2D eigenvalue weighted by molar-refractivity contribution is -0.218. The van der Waals surface area contributed by atoms with Crippen molar-refractivity contribution in [1.29, 1.82) is 0 Å². The van der Waals surface area contributed by atoms with E-state index in [1.807, 2.05) is 5.48 Å². The highest BCUT2D eigenvalue weighted by atomic mass is 79.9. The molecule has 0 saturated carbocycles. The van der Waals surface area contributed by atoms with Crippen LogP contribution in [-0.2, 0) is 15.4 Å². The number of ether oxygens (including phenoxy) is 1. The van der Waals surface area contributed by atoms with Crippen LogP contribution in [0.3, 0.4) is 0 Å². The minimum Gasteiger partial charge on any atom is -0.508 e. The highest BCUT2D eigenvalue weighted by Gasteiger charge is 2.41. The summed E-state index contributed by atoms with van der Waals surface area (Å²) in [5.74, 6) is -3.59. The van der Waals surface area contributed by atoms with Gasteiger partial charge >= 0.3 is 0 Å². The van der Waals surface area contributed by atoms with Gasteiger partial charge in [-0.25, -0.2) is 10.3 Å². The van der Waals surface area contributed by atoms with Gasteiger partial charge in [0, 0.05) is 30.7 Å². The SMILES string of the molecule is CC(=O)NOC1(O)C=C(c2ccc(O)c(Br)c2)Oc2cc(O)cc(O)c21. The lowest BCUT2D eigenvalue weighted by atomic mass is 9.98. The maximum atomic E-state index is 11.2. The van der Waals surface area contributed by atoms with Gasteiger partial charge in [0.15, 0.2) is 0 Å². The number of hydroxylamine groups is 1. The molecule has 0 spiro atoms. The van der Waals surface area contributed by atoms with Crippen molar-refractivity contribution < 1.29 is 34.8 Å². The van der Waals surface area contributed by atoms with E-state index in [-0.39, 0.29) is 28.6 Å². The molecule has 1 unspecified atom stereocenters. The molecule has 0 radical (unpaired) electrons. The molecule has 8 nitrogen and oxygen atoms in total. The van der Waals surface area contributed by atoms with Crippen LogP contribution in [0.2, 0.25) is 0 Å². The molecule has 2 aromatic rings. The molecule has 9 heteroatoms. The maximum absolute atomic E-state index is 11.2. The lowest BCUT2D eigenvalue weighted by Gasteiger charge is -2.32. The van der Waals surface area contributed by atoms with E-state index in [0.29, 0.717) is 10.0 Å². The molecular weight excluding hydrogens is 410 g/mol. The van der Waals surface area contributed by atoms with Crippen molar-refractivity contribution in [3.05, 3.63) is 52.0 Å². The number of benzene rings is 2. The molecule has 3 rings (SSSR count). The normalized spacial score (nSPS) is 18.5. The van der Waals surface area contributed by atoms with Gasteiger partial charge in [0.05, 0.1) is 4.47 Å². The number of phenols is 3. The number of amides is 1. The molecule has 2 aromatic carbocycles. The second-order valence-corrected chi connectivity index (χ2v) is 6.43. The second-order valence-electron chi connectivity index (χ2n) is 5.57. The molecule has 0 saturated heterocycles. The number of fused-ring (bicyclic) bond motifs is 1. The van der Waals surface area contributed by atoms with Gasteiger partial charge in [-0.15, -0.1) is 0 Å². The van der Waals surface area contributed by atoms with Crippen LogP contribution in [0.4, 0.5) is 0 Å². The van der Waals surface area contributed by atoms with E-state index < -0.39 is 17.4 Å². The Kier molecular flexibility index (Phi) is 4.53. The van der Waals surface area contributed by atoms with Crippen LogP contribution in [0.15, 0.2) is 40.9 Å². The molecular formula is C17H14BrNO7. The van der Waals surface area contributed by atoms with E-state index in [2.05, 4.69) is 15.9 Å². The van der Waals surface area contributed by atoms with Gasteiger partial charge in [-0.2, -0.15) is 0 Å². The molecule has 5 N–H and O–H groups in total. The summed E-state index contributed by atoms with van der Waals surface area (Å²) in [5, 5.41) is 40.3. The summed E-state index contributed by atoms with van der Waals surface area (Å²) >= 11 is 3.18. The number of halogens is 1. The van der Waals surface area contributed by atoms with Crippen molar-refractivity contribution in [1.82, 2.24) is 5.48 Å². The third-order valence-electron chi connectivity index (χ3n) is 3.55. The van der Waals surface area contributed by atoms with Crippen LogP contribution >= 0.6 is 15.9 Å². The van der Waals surface area contributed by atoms with Crippen LogP contribution in [0.5, 0.6) is 23.0 Å². The minimum absolute atomic E-state index is 0.00519. The van der Waals surface area contributed by atoms with Crippen molar-refractivity contribution in [2.75, 3.05) is 0 Å². The molecule has 0 aliphatic carbocycles. The van der Waals surface area contributed by atoms with Crippen LogP contribution in [0.1, 0.15) is 18.1 Å². The summed E-state index contributed by atoms with van der Waals surface area (Å²) in [6, 6.07) is 6.65. The second kappa shape index (κ2) is 6.52. The minimum atomic E-state index is -2.27. The van der Waals surface area contributed by atoms with Gasteiger partial charge in [0.2, 0.25) is 11.7 Å². The number of nitrogens with one attached hydrogen (secondary N) is 1. The van der Waals surface area contributed by atoms with Gasteiger partial charge in [-0.05, 0) is 34.1 Å². The molecule has 26 heavy (non-hydrogen) atoms. The van der Waals surface area contributed by atoms with E-state index in [1.54, 1.807) is 0 Å². The number of hydrogen-bond acceptors (Lipinski definition) is 7. The van der Waals surface area contributed by atoms with Crippen LogP contribution in [0.25, 0.3) is 5.76 Å². The number of rotatable bonds is 3. The van der Waals surface area contributed by atoms with Crippen LogP contribution in [0, 0.1) is 0 Å². The molecule has 1 aliphatic heterocycles. The number of carbonyl (C=O) groups is 1. The molecule has 1 heterocycles. The van der Waals surface area contributed by atoms with Crippen molar-refractivity contribution in [2.45, 2.75) is 12.7 Å². The first-order valence-corrected chi connectivity index (χ1v) is 8.12. The Hall–Kier alpha value is -2.75. The quantitative estimate of drug-likeness (QED) is 0.378. The zero-order valence-electron chi connectivity index (χ0n) is 13.4. The third-order valence-corrected chi connectivity index (χ3v) is 4.19. The molecule has 0 fully saturated rings. The predicted molar refractivity (Wildman–Crippen MR) is 93.0 cm³/mol. The number of phenolic OH excluding ortho intramolecular Hbond substituents is 3. The summed E-state index contributed by atoms with van der Waals surface area (Å²) in [5.41, 5.74) is 2.28. The fourth-order valence-electron chi connectivity index (χ4n) is 2.46. The summed E-state index contributed by atoms with van der Waals surface area (Å²) in [4.78, 5) is 16.3. The monoisotopic (exact) mass is 423 g/mol. The molecule has 0 aromatic heterocycles. The Labute approximate surface area is 156 Å². The number of hydrogen-bond donors (Lipinski definition) is 5. The highest BCUT2D eigenvalue weighted by molar-refractivity contribution is 9.10. The third kappa shape index (κ3) is 3.32. The zero-order valence-corrected chi connectivity index (χ0v) is 14.9. The topological polar surface area (TPSA) is 128 Å². The molecule has 1 aliphatic rings. The van der Waals surface area contributed by atoms with Gasteiger partial charge in [0.25, 0.3) is 0 Å². The van der Waals surface area contributed by atoms with Crippen LogP contribution in [-0.4, -0.2) is 26.3 Å². The van der Waals surface area contributed by atoms with Crippen molar-refractivity contribution in [2.24, 2.45) is 0 Å². The standard InChI is InChI=1S/C17H14BrNO7/c1-8(20)19-26-17(24)7-15(9-2-3-12(22)11(18)4-9)25-14-6-10(21)5-13(23)16(14)17/h2-7,21-24H,1H3,(H,19,20). The smallest absolute Gasteiger partial charge is 0.248 e. The molecule has 1 amide bonds. The number of aliphatic hydroxyl groups is 1. The molecule has 1 atom stereocenters. The lowest BCUT2D eigenvalue weighted by Crippen LogP contribution is -2.38. The largest absolute Gasteiger partial charge is 0.508 e. The first kappa shape index (κ1) is 18.1. The molecule has 136 valence electrons. The summed E-state index contributed by atoms with van der Waals surface area (Å²) in [6.45, 7) is 1.18. The Morgan fingerprint density at radius 3 is 2.58 bits per heavy atom. The van der Waals surface area contributed by atoms with Gasteiger partial charge in [-0.1, -0.05) is 0 Å². The van der Waals surface area contributed by atoms with E-state index in [9.17, 15) is 25.2 Å². The van der Waals surface area contributed by atoms with E-state index in [1.165, 1.54) is 31.2 Å².